The van der Waals surface area contributed by atoms with Crippen LogP contribution in [-0.2, 0) is 11.3 Å². The Bertz CT molecular complexity index is 945. The van der Waals surface area contributed by atoms with Gasteiger partial charge < -0.3 is 5.32 Å². The molecule has 154 valence electrons. The summed E-state index contributed by atoms with van der Waals surface area (Å²) in [5.41, 5.74) is 3.48. The number of benzene rings is 1. The lowest BCUT2D eigenvalue weighted by atomic mass is 9.49. The minimum atomic E-state index is -0.158. The van der Waals surface area contributed by atoms with Gasteiger partial charge in [0.2, 0.25) is 5.91 Å². The fourth-order valence-electron chi connectivity index (χ4n) is 6.48. The van der Waals surface area contributed by atoms with Gasteiger partial charge >= 0.3 is 0 Å². The summed E-state index contributed by atoms with van der Waals surface area (Å²) in [6, 6.07) is 5.51. The maximum atomic E-state index is 13.4. The van der Waals surface area contributed by atoms with Gasteiger partial charge in [0, 0.05) is 10.0 Å². The molecule has 1 heterocycles. The number of nitrogens with one attached hydrogen (secondary N) is 1. The lowest BCUT2D eigenvalue weighted by molar-refractivity contribution is -0.140. The monoisotopic (exact) mass is 431 g/mol. The SMILES string of the molecule is Cc1nn(Cc2ccc(Cl)cc2Cl)c(C)c1NC(=O)C12CC3CC(CC(C3)C1)C2. The van der Waals surface area contributed by atoms with Gasteiger partial charge in [-0.2, -0.15) is 5.10 Å². The molecule has 0 aliphatic heterocycles. The van der Waals surface area contributed by atoms with Gasteiger partial charge in [-0.1, -0.05) is 29.3 Å². The van der Waals surface area contributed by atoms with Crippen molar-refractivity contribution >= 4 is 34.8 Å². The van der Waals surface area contributed by atoms with E-state index in [0.717, 1.165) is 59.7 Å². The van der Waals surface area contributed by atoms with Crippen LogP contribution < -0.4 is 5.32 Å². The number of anilines is 1. The molecule has 0 saturated heterocycles. The summed E-state index contributed by atoms with van der Waals surface area (Å²) in [6.45, 7) is 4.53. The van der Waals surface area contributed by atoms with Gasteiger partial charge in [0.1, 0.15) is 0 Å². The van der Waals surface area contributed by atoms with E-state index in [1.165, 1.54) is 19.3 Å². The third-order valence-electron chi connectivity index (χ3n) is 7.48. The van der Waals surface area contributed by atoms with Crippen LogP contribution >= 0.6 is 23.2 Å². The number of hydrogen-bond acceptors (Lipinski definition) is 2. The standard InChI is InChI=1S/C23H27Cl2N3O/c1-13-21(14(2)28(27-13)12-18-3-4-19(24)8-20(18)25)26-22(29)23-9-15-5-16(10-23)7-17(6-15)11-23/h3-4,8,15-17H,5-7,9-12H2,1-2H3,(H,26,29). The van der Waals surface area contributed by atoms with Gasteiger partial charge in [0.15, 0.2) is 0 Å². The largest absolute Gasteiger partial charge is 0.322 e. The number of rotatable bonds is 4. The van der Waals surface area contributed by atoms with E-state index in [2.05, 4.69) is 10.4 Å². The Morgan fingerprint density at radius 1 is 1.14 bits per heavy atom. The van der Waals surface area contributed by atoms with E-state index in [-0.39, 0.29) is 11.3 Å². The number of amides is 1. The highest BCUT2D eigenvalue weighted by Crippen LogP contribution is 2.60. The summed E-state index contributed by atoms with van der Waals surface area (Å²) in [7, 11) is 0. The Morgan fingerprint density at radius 3 is 2.34 bits per heavy atom. The second-order valence-electron chi connectivity index (χ2n) is 9.59. The number of aromatic nitrogens is 2. The molecule has 4 fully saturated rings. The van der Waals surface area contributed by atoms with Crippen molar-refractivity contribution in [3.05, 3.63) is 45.2 Å². The summed E-state index contributed by atoms with van der Waals surface area (Å²) in [4.78, 5) is 13.4. The second kappa shape index (κ2) is 7.02. The van der Waals surface area contributed by atoms with Crippen LogP contribution in [0, 0.1) is 37.0 Å². The van der Waals surface area contributed by atoms with Crippen molar-refractivity contribution in [2.45, 2.75) is 58.9 Å². The van der Waals surface area contributed by atoms with Crippen molar-refractivity contribution in [1.29, 1.82) is 0 Å². The van der Waals surface area contributed by atoms with E-state index in [1.54, 1.807) is 6.07 Å². The van der Waals surface area contributed by atoms with Gasteiger partial charge in [-0.3, -0.25) is 9.48 Å². The van der Waals surface area contributed by atoms with Gasteiger partial charge in [0.05, 0.1) is 29.0 Å². The molecule has 0 unspecified atom stereocenters. The number of halogens is 2. The molecule has 6 heteroatoms. The van der Waals surface area contributed by atoms with E-state index in [0.29, 0.717) is 16.6 Å². The van der Waals surface area contributed by atoms with Crippen LogP contribution in [0.25, 0.3) is 0 Å². The number of nitrogens with zero attached hydrogens (tertiary/aromatic N) is 2. The zero-order valence-electron chi connectivity index (χ0n) is 17.0. The van der Waals surface area contributed by atoms with Crippen LogP contribution in [-0.4, -0.2) is 15.7 Å². The average molecular weight is 432 g/mol. The quantitative estimate of drug-likeness (QED) is 0.643. The van der Waals surface area contributed by atoms with Crippen molar-refractivity contribution in [2.24, 2.45) is 23.2 Å². The molecule has 0 atom stereocenters. The minimum Gasteiger partial charge on any atom is -0.322 e. The molecule has 4 nitrogen and oxygen atoms in total. The Balaban J connectivity index is 1.37. The molecule has 0 radical (unpaired) electrons. The fraction of sp³-hybridized carbons (Fsp3) is 0.565. The number of carbonyl (C=O) groups is 1. The van der Waals surface area contributed by atoms with E-state index in [4.69, 9.17) is 23.2 Å². The molecular formula is C23H27Cl2N3O. The molecule has 2 aromatic rings. The lowest BCUT2D eigenvalue weighted by Gasteiger charge is -2.55. The summed E-state index contributed by atoms with van der Waals surface area (Å²) >= 11 is 12.4. The lowest BCUT2D eigenvalue weighted by Crippen LogP contribution is -2.51. The zero-order valence-corrected chi connectivity index (χ0v) is 18.5. The molecule has 4 bridgehead atoms. The first-order chi connectivity index (χ1) is 13.8. The Hall–Kier alpha value is -1.52. The van der Waals surface area contributed by atoms with Gasteiger partial charge in [-0.05, 0) is 87.8 Å². The number of hydrogen-bond donors (Lipinski definition) is 1. The van der Waals surface area contributed by atoms with Gasteiger partial charge in [-0.15, -0.1) is 0 Å². The maximum absolute atomic E-state index is 13.4. The van der Waals surface area contributed by atoms with Crippen LogP contribution in [0.1, 0.15) is 55.5 Å². The van der Waals surface area contributed by atoms with E-state index in [1.807, 2.05) is 30.7 Å². The Morgan fingerprint density at radius 2 is 1.76 bits per heavy atom. The summed E-state index contributed by atoms with van der Waals surface area (Å²) in [5.74, 6) is 2.48. The number of aryl methyl sites for hydroxylation is 1. The first-order valence-electron chi connectivity index (χ1n) is 10.6. The van der Waals surface area contributed by atoms with Crippen LogP contribution in [0.2, 0.25) is 10.0 Å². The molecule has 1 aromatic carbocycles. The molecule has 29 heavy (non-hydrogen) atoms. The molecule has 1 N–H and O–H groups in total. The summed E-state index contributed by atoms with van der Waals surface area (Å²) < 4.78 is 1.92. The van der Waals surface area contributed by atoms with Crippen LogP contribution in [0.4, 0.5) is 5.69 Å². The van der Waals surface area contributed by atoms with E-state index < -0.39 is 0 Å². The molecule has 0 spiro atoms. The predicted octanol–water partition coefficient (Wildman–Crippen LogP) is 6.01. The van der Waals surface area contributed by atoms with Gasteiger partial charge in [-0.25, -0.2) is 0 Å². The molecule has 6 rings (SSSR count). The van der Waals surface area contributed by atoms with Crippen LogP contribution in [0.15, 0.2) is 18.2 Å². The van der Waals surface area contributed by atoms with E-state index >= 15 is 0 Å². The molecule has 1 amide bonds. The third kappa shape index (κ3) is 3.38. The molecule has 4 aliphatic rings. The van der Waals surface area contributed by atoms with E-state index in [9.17, 15) is 4.79 Å². The Kier molecular flexibility index (Phi) is 4.71. The fourth-order valence-corrected chi connectivity index (χ4v) is 6.95. The third-order valence-corrected chi connectivity index (χ3v) is 8.06. The van der Waals surface area contributed by atoms with Crippen molar-refractivity contribution < 1.29 is 4.79 Å². The van der Waals surface area contributed by atoms with Crippen molar-refractivity contribution in [3.63, 3.8) is 0 Å². The highest BCUT2D eigenvalue weighted by molar-refractivity contribution is 6.35. The predicted molar refractivity (Wildman–Crippen MR) is 116 cm³/mol. The van der Waals surface area contributed by atoms with Crippen molar-refractivity contribution in [2.75, 3.05) is 5.32 Å². The topological polar surface area (TPSA) is 46.9 Å². The first kappa shape index (κ1) is 19.4. The highest BCUT2D eigenvalue weighted by Gasteiger charge is 2.54. The first-order valence-corrected chi connectivity index (χ1v) is 11.4. The normalized spacial score (nSPS) is 30.0. The van der Waals surface area contributed by atoms with Crippen LogP contribution in [0.3, 0.4) is 0 Å². The molecule has 1 aromatic heterocycles. The second-order valence-corrected chi connectivity index (χ2v) is 10.4. The minimum absolute atomic E-state index is 0.158. The smallest absolute Gasteiger partial charge is 0.230 e. The summed E-state index contributed by atoms with van der Waals surface area (Å²) in [6.07, 6.45) is 7.21. The molecule has 4 saturated carbocycles. The maximum Gasteiger partial charge on any atom is 0.230 e. The van der Waals surface area contributed by atoms with Crippen molar-refractivity contribution in [3.8, 4) is 0 Å². The average Bonchev–Trinajstić information content (AvgIpc) is 2.90. The highest BCUT2D eigenvalue weighted by atomic mass is 35.5. The number of carbonyl (C=O) groups excluding carboxylic acids is 1. The molecular weight excluding hydrogens is 405 g/mol. The summed E-state index contributed by atoms with van der Waals surface area (Å²) in [5, 5.41) is 9.22. The molecule has 4 aliphatic carbocycles. The van der Waals surface area contributed by atoms with Crippen molar-refractivity contribution in [1.82, 2.24) is 9.78 Å². The zero-order chi connectivity index (χ0) is 20.3. The van der Waals surface area contributed by atoms with Crippen LogP contribution in [0.5, 0.6) is 0 Å². The van der Waals surface area contributed by atoms with Gasteiger partial charge in [0.25, 0.3) is 0 Å². The Labute approximate surface area is 182 Å².